The molecule has 0 aromatic carbocycles. The van der Waals surface area contributed by atoms with Gasteiger partial charge < -0.3 is 9.84 Å². The molecule has 0 aromatic heterocycles. The van der Waals surface area contributed by atoms with Crippen LogP contribution in [-0.2, 0) is 9.53 Å². The van der Waals surface area contributed by atoms with Crippen molar-refractivity contribution in [3.63, 3.8) is 0 Å². The van der Waals surface area contributed by atoms with Crippen molar-refractivity contribution in [1.29, 1.82) is 0 Å². The van der Waals surface area contributed by atoms with Crippen LogP contribution < -0.4 is 0 Å². The molecule has 0 spiro atoms. The van der Waals surface area contributed by atoms with Gasteiger partial charge >= 0.3 is 5.97 Å². The highest BCUT2D eigenvalue weighted by molar-refractivity contribution is 5.78. The average Bonchev–Trinajstić information content (AvgIpc) is 2.89. The lowest BCUT2D eigenvalue weighted by atomic mass is 9.87. The Kier molecular flexibility index (Phi) is 2.74. The van der Waals surface area contributed by atoms with E-state index in [4.69, 9.17) is 4.74 Å². The fourth-order valence-corrected chi connectivity index (χ4v) is 3.62. The molecule has 1 N–H and O–H groups in total. The number of carbonyl (C=O) groups is 1. The van der Waals surface area contributed by atoms with Crippen molar-refractivity contribution in [3.05, 3.63) is 12.2 Å². The van der Waals surface area contributed by atoms with E-state index in [2.05, 4.69) is 6.08 Å². The maximum absolute atomic E-state index is 11.3. The maximum Gasteiger partial charge on any atom is 0.313 e. The highest BCUT2D eigenvalue weighted by Crippen LogP contribution is 2.51. The first-order valence-electron chi connectivity index (χ1n) is 6.78. The third-order valence-corrected chi connectivity index (χ3v) is 4.65. The van der Waals surface area contributed by atoms with Crippen LogP contribution in [-0.4, -0.2) is 23.3 Å². The second kappa shape index (κ2) is 4.13. The number of hydrogen-bond donors (Lipinski definition) is 1. The van der Waals surface area contributed by atoms with E-state index in [9.17, 15) is 9.90 Å². The predicted molar refractivity (Wildman–Crippen MR) is 63.7 cm³/mol. The molecule has 94 valence electrons. The van der Waals surface area contributed by atoms with Crippen LogP contribution in [0.3, 0.4) is 0 Å². The van der Waals surface area contributed by atoms with Crippen LogP contribution in [0.2, 0.25) is 0 Å². The van der Waals surface area contributed by atoms with E-state index >= 15 is 0 Å². The van der Waals surface area contributed by atoms with Gasteiger partial charge in [-0.15, -0.1) is 0 Å². The van der Waals surface area contributed by atoms with Gasteiger partial charge in [0.15, 0.2) is 0 Å². The van der Waals surface area contributed by atoms with E-state index in [0.717, 1.165) is 19.3 Å². The van der Waals surface area contributed by atoms with E-state index in [1.807, 2.05) is 6.08 Å². The summed E-state index contributed by atoms with van der Waals surface area (Å²) < 4.78 is 6.15. The van der Waals surface area contributed by atoms with Crippen molar-refractivity contribution in [3.8, 4) is 0 Å². The minimum atomic E-state index is -0.675. The monoisotopic (exact) mass is 236 g/mol. The van der Waals surface area contributed by atoms with E-state index in [-0.39, 0.29) is 6.10 Å². The Morgan fingerprint density at radius 3 is 2.65 bits per heavy atom. The lowest BCUT2D eigenvalue weighted by Gasteiger charge is -2.29. The molecular formula is C14H20O3. The molecule has 3 heteroatoms. The number of carboxylic acids is 1. The second-order valence-corrected chi connectivity index (χ2v) is 5.83. The van der Waals surface area contributed by atoms with Gasteiger partial charge in [-0.1, -0.05) is 31.4 Å². The SMILES string of the molecule is O=C(O)C12C=CC(C1)C(OC1CCCCC1)C2. The Balaban J connectivity index is 1.63. The third-order valence-electron chi connectivity index (χ3n) is 4.65. The molecule has 2 fully saturated rings. The summed E-state index contributed by atoms with van der Waals surface area (Å²) in [6.45, 7) is 0. The maximum atomic E-state index is 11.3. The molecule has 0 aromatic rings. The molecule has 0 saturated heterocycles. The van der Waals surface area contributed by atoms with Crippen molar-refractivity contribution >= 4 is 5.97 Å². The molecule has 2 bridgehead atoms. The van der Waals surface area contributed by atoms with Crippen molar-refractivity contribution in [2.75, 3.05) is 0 Å². The topological polar surface area (TPSA) is 46.5 Å². The van der Waals surface area contributed by atoms with Gasteiger partial charge in [0, 0.05) is 5.92 Å². The summed E-state index contributed by atoms with van der Waals surface area (Å²) in [6.07, 6.45) is 12.1. The molecule has 0 aliphatic heterocycles. The van der Waals surface area contributed by atoms with Crippen LogP contribution >= 0.6 is 0 Å². The summed E-state index contributed by atoms with van der Waals surface area (Å²) in [4.78, 5) is 11.3. The van der Waals surface area contributed by atoms with Crippen molar-refractivity contribution < 1.29 is 14.6 Å². The molecule has 3 atom stereocenters. The van der Waals surface area contributed by atoms with Crippen LogP contribution in [0.5, 0.6) is 0 Å². The standard InChI is InChI=1S/C14H20O3/c15-13(16)14-7-6-10(8-14)12(9-14)17-11-4-2-1-3-5-11/h6-7,10-12H,1-5,8-9H2,(H,15,16). The minimum Gasteiger partial charge on any atom is -0.481 e. The van der Waals surface area contributed by atoms with Gasteiger partial charge in [-0.25, -0.2) is 0 Å². The summed E-state index contributed by atoms with van der Waals surface area (Å²) in [5, 5.41) is 9.31. The molecule has 3 nitrogen and oxygen atoms in total. The summed E-state index contributed by atoms with van der Waals surface area (Å²) >= 11 is 0. The molecule has 0 radical (unpaired) electrons. The first-order valence-corrected chi connectivity index (χ1v) is 6.78. The van der Waals surface area contributed by atoms with Gasteiger partial charge in [-0.05, 0) is 25.7 Å². The van der Waals surface area contributed by atoms with Crippen LogP contribution in [0, 0.1) is 11.3 Å². The summed E-state index contributed by atoms with van der Waals surface area (Å²) in [6, 6.07) is 0. The molecular weight excluding hydrogens is 216 g/mol. The van der Waals surface area contributed by atoms with Crippen molar-refractivity contribution in [2.45, 2.75) is 57.2 Å². The molecule has 0 heterocycles. The molecule has 3 unspecified atom stereocenters. The molecule has 3 aliphatic carbocycles. The van der Waals surface area contributed by atoms with Gasteiger partial charge in [0.05, 0.1) is 17.6 Å². The smallest absolute Gasteiger partial charge is 0.313 e. The summed E-state index contributed by atoms with van der Waals surface area (Å²) in [7, 11) is 0. The zero-order chi connectivity index (χ0) is 11.9. The van der Waals surface area contributed by atoms with E-state index < -0.39 is 11.4 Å². The Hall–Kier alpha value is -0.830. The fraction of sp³-hybridized carbons (Fsp3) is 0.786. The van der Waals surface area contributed by atoms with Gasteiger partial charge in [-0.3, -0.25) is 4.79 Å². The molecule has 2 saturated carbocycles. The Labute approximate surface area is 102 Å². The summed E-state index contributed by atoms with van der Waals surface area (Å²) in [5.41, 5.74) is -0.607. The lowest BCUT2D eigenvalue weighted by molar-refractivity contribution is -0.146. The van der Waals surface area contributed by atoms with Crippen molar-refractivity contribution in [2.24, 2.45) is 11.3 Å². The third kappa shape index (κ3) is 1.90. The minimum absolute atomic E-state index is 0.152. The number of carboxylic acid groups (broad SMARTS) is 1. The van der Waals surface area contributed by atoms with Crippen LogP contribution in [0.25, 0.3) is 0 Å². The molecule has 17 heavy (non-hydrogen) atoms. The Bertz CT molecular complexity index is 343. The highest BCUT2D eigenvalue weighted by atomic mass is 16.5. The molecule has 0 amide bonds. The lowest BCUT2D eigenvalue weighted by Crippen LogP contribution is -2.30. The van der Waals surface area contributed by atoms with E-state index in [1.54, 1.807) is 0 Å². The Morgan fingerprint density at radius 2 is 2.00 bits per heavy atom. The zero-order valence-corrected chi connectivity index (χ0v) is 10.1. The number of ether oxygens (including phenoxy) is 1. The van der Waals surface area contributed by atoms with Gasteiger partial charge in [0.1, 0.15) is 0 Å². The number of fused-ring (bicyclic) bond motifs is 2. The van der Waals surface area contributed by atoms with Crippen LogP contribution in [0.4, 0.5) is 0 Å². The average molecular weight is 236 g/mol. The molecule has 3 rings (SSSR count). The van der Waals surface area contributed by atoms with Crippen LogP contribution in [0.1, 0.15) is 44.9 Å². The summed E-state index contributed by atoms with van der Waals surface area (Å²) in [5.74, 6) is -0.334. The van der Waals surface area contributed by atoms with Crippen LogP contribution in [0.15, 0.2) is 12.2 Å². The number of hydrogen-bond acceptors (Lipinski definition) is 2. The predicted octanol–water partition coefficient (Wildman–Crippen LogP) is 2.76. The Morgan fingerprint density at radius 1 is 1.24 bits per heavy atom. The largest absolute Gasteiger partial charge is 0.481 e. The first kappa shape index (κ1) is 11.3. The molecule has 3 aliphatic rings. The first-order chi connectivity index (χ1) is 8.20. The van der Waals surface area contributed by atoms with Gasteiger partial charge in [-0.2, -0.15) is 0 Å². The van der Waals surface area contributed by atoms with Gasteiger partial charge in [0.25, 0.3) is 0 Å². The van der Waals surface area contributed by atoms with E-state index in [0.29, 0.717) is 18.4 Å². The zero-order valence-electron chi connectivity index (χ0n) is 10.1. The fourth-order valence-electron chi connectivity index (χ4n) is 3.62. The highest BCUT2D eigenvalue weighted by Gasteiger charge is 2.52. The van der Waals surface area contributed by atoms with Crippen molar-refractivity contribution in [1.82, 2.24) is 0 Å². The van der Waals surface area contributed by atoms with Gasteiger partial charge in [0.2, 0.25) is 0 Å². The number of aliphatic carboxylic acids is 1. The quantitative estimate of drug-likeness (QED) is 0.766. The second-order valence-electron chi connectivity index (χ2n) is 5.83. The number of rotatable bonds is 3. The van der Waals surface area contributed by atoms with E-state index in [1.165, 1.54) is 19.3 Å². The normalized spacial score (nSPS) is 40.9.